The molecule has 0 saturated heterocycles. The summed E-state index contributed by atoms with van der Waals surface area (Å²) in [6, 6.07) is 0.289. The Kier molecular flexibility index (Phi) is 4.07. The molecular weight excluding hydrogens is 180 g/mol. The molecule has 0 radical (unpaired) electrons. The maximum atomic E-state index is 11.6. The minimum Gasteiger partial charge on any atom is -0.339 e. The molecule has 0 bridgehead atoms. The fraction of sp³-hybridized carbons (Fsp3) is 0.800. The monoisotopic (exact) mass is 198 g/mol. The van der Waals surface area contributed by atoms with E-state index >= 15 is 0 Å². The van der Waals surface area contributed by atoms with Gasteiger partial charge in [0.05, 0.1) is 6.54 Å². The summed E-state index contributed by atoms with van der Waals surface area (Å²) in [5.41, 5.74) is 0. The van der Waals surface area contributed by atoms with Crippen molar-refractivity contribution in [3.63, 3.8) is 0 Å². The number of rotatable bonds is 6. The lowest BCUT2D eigenvalue weighted by Gasteiger charge is -2.19. The van der Waals surface area contributed by atoms with Gasteiger partial charge in [-0.3, -0.25) is 4.79 Å². The van der Waals surface area contributed by atoms with Gasteiger partial charge in [0.1, 0.15) is 6.29 Å². The van der Waals surface area contributed by atoms with Crippen molar-refractivity contribution >= 4 is 12.2 Å². The molecule has 14 heavy (non-hydrogen) atoms. The van der Waals surface area contributed by atoms with Gasteiger partial charge < -0.3 is 15.0 Å². The van der Waals surface area contributed by atoms with E-state index < -0.39 is 0 Å². The second-order valence-corrected chi connectivity index (χ2v) is 3.88. The van der Waals surface area contributed by atoms with Crippen LogP contribution in [0.3, 0.4) is 0 Å². The molecule has 0 aromatic carbocycles. The lowest BCUT2D eigenvalue weighted by molar-refractivity contribution is -0.132. The van der Waals surface area contributed by atoms with Gasteiger partial charge in [0.2, 0.25) is 5.91 Å². The SMILES string of the molecule is CN[C@@H](CC(=O)N(C)CC=O)C1CC1. The van der Waals surface area contributed by atoms with E-state index in [4.69, 9.17) is 0 Å². The van der Waals surface area contributed by atoms with Gasteiger partial charge in [0.15, 0.2) is 0 Å². The molecule has 80 valence electrons. The highest BCUT2D eigenvalue weighted by atomic mass is 16.2. The number of amides is 1. The number of likely N-dealkylation sites (N-methyl/N-ethyl adjacent to an activating group) is 1. The Bertz CT molecular complexity index is 214. The lowest BCUT2D eigenvalue weighted by Crippen LogP contribution is -2.36. The number of carbonyl (C=O) groups is 2. The Hall–Kier alpha value is -0.900. The molecule has 0 spiro atoms. The van der Waals surface area contributed by atoms with E-state index in [1.165, 1.54) is 17.7 Å². The average Bonchev–Trinajstić information content (AvgIpc) is 2.97. The fourth-order valence-electron chi connectivity index (χ4n) is 1.56. The zero-order valence-electron chi connectivity index (χ0n) is 8.82. The normalized spacial score (nSPS) is 17.6. The number of nitrogens with zero attached hydrogens (tertiary/aromatic N) is 1. The quantitative estimate of drug-likeness (QED) is 0.613. The van der Waals surface area contributed by atoms with Crippen LogP contribution in [0.15, 0.2) is 0 Å². The molecule has 1 N–H and O–H groups in total. The van der Waals surface area contributed by atoms with E-state index in [1.54, 1.807) is 7.05 Å². The number of nitrogens with one attached hydrogen (secondary N) is 1. The molecule has 1 saturated carbocycles. The van der Waals surface area contributed by atoms with Crippen molar-refractivity contribution < 1.29 is 9.59 Å². The van der Waals surface area contributed by atoms with Crippen LogP contribution >= 0.6 is 0 Å². The van der Waals surface area contributed by atoms with E-state index in [1.807, 2.05) is 7.05 Å². The first-order chi connectivity index (χ1) is 6.69. The Balaban J connectivity index is 2.33. The van der Waals surface area contributed by atoms with Gasteiger partial charge in [-0.15, -0.1) is 0 Å². The van der Waals surface area contributed by atoms with Gasteiger partial charge in [-0.05, 0) is 25.8 Å². The number of hydrogen-bond donors (Lipinski definition) is 1. The van der Waals surface area contributed by atoms with Gasteiger partial charge in [-0.25, -0.2) is 0 Å². The maximum absolute atomic E-state index is 11.6. The summed E-state index contributed by atoms with van der Waals surface area (Å²) in [6.07, 6.45) is 3.70. The molecule has 0 heterocycles. The summed E-state index contributed by atoms with van der Waals surface area (Å²) >= 11 is 0. The van der Waals surface area contributed by atoms with Crippen LogP contribution in [0.25, 0.3) is 0 Å². The van der Waals surface area contributed by atoms with Crippen molar-refractivity contribution in [3.8, 4) is 0 Å². The van der Waals surface area contributed by atoms with Gasteiger partial charge in [0.25, 0.3) is 0 Å². The first kappa shape index (κ1) is 11.2. The molecule has 1 atom stereocenters. The summed E-state index contributed by atoms with van der Waals surface area (Å²) in [5.74, 6) is 0.705. The second-order valence-electron chi connectivity index (χ2n) is 3.88. The summed E-state index contributed by atoms with van der Waals surface area (Å²) < 4.78 is 0. The van der Waals surface area contributed by atoms with Crippen molar-refractivity contribution in [2.75, 3.05) is 20.6 Å². The van der Waals surface area contributed by atoms with Crippen molar-refractivity contribution in [2.24, 2.45) is 5.92 Å². The van der Waals surface area contributed by atoms with Gasteiger partial charge in [0, 0.05) is 19.5 Å². The number of hydrogen-bond acceptors (Lipinski definition) is 3. The highest BCUT2D eigenvalue weighted by Crippen LogP contribution is 2.33. The van der Waals surface area contributed by atoms with Crippen LogP contribution in [0, 0.1) is 5.92 Å². The van der Waals surface area contributed by atoms with Crippen LogP contribution < -0.4 is 5.32 Å². The van der Waals surface area contributed by atoms with Crippen molar-refractivity contribution in [1.29, 1.82) is 0 Å². The molecule has 1 fully saturated rings. The summed E-state index contributed by atoms with van der Waals surface area (Å²) in [6.45, 7) is 0.194. The highest BCUT2D eigenvalue weighted by Gasteiger charge is 2.31. The molecule has 0 aromatic heterocycles. The zero-order chi connectivity index (χ0) is 10.6. The summed E-state index contributed by atoms with van der Waals surface area (Å²) in [7, 11) is 3.55. The molecule has 0 aliphatic heterocycles. The standard InChI is InChI=1S/C10H18N2O2/c1-11-9(8-3-4-8)7-10(14)12(2)5-6-13/h6,8-9,11H,3-5,7H2,1-2H3/t9-/m0/s1. The van der Waals surface area contributed by atoms with E-state index in [0.717, 1.165) is 6.29 Å². The van der Waals surface area contributed by atoms with E-state index in [2.05, 4.69) is 5.32 Å². The molecule has 0 unspecified atom stereocenters. The average molecular weight is 198 g/mol. The summed E-state index contributed by atoms with van der Waals surface area (Å²) in [5, 5.41) is 3.16. The topological polar surface area (TPSA) is 49.4 Å². The molecule has 1 aliphatic carbocycles. The minimum absolute atomic E-state index is 0.0448. The second kappa shape index (κ2) is 5.10. The smallest absolute Gasteiger partial charge is 0.224 e. The van der Waals surface area contributed by atoms with E-state index in [-0.39, 0.29) is 18.5 Å². The van der Waals surface area contributed by atoms with Crippen molar-refractivity contribution in [1.82, 2.24) is 10.2 Å². The van der Waals surface area contributed by atoms with Crippen LogP contribution in [0.5, 0.6) is 0 Å². The van der Waals surface area contributed by atoms with E-state index in [0.29, 0.717) is 12.3 Å². The molecule has 1 amide bonds. The molecule has 4 nitrogen and oxygen atoms in total. The molecular formula is C10H18N2O2. The Morgan fingerprint density at radius 3 is 2.71 bits per heavy atom. The predicted octanol–water partition coefficient (Wildman–Crippen LogP) is 0.0318. The van der Waals surface area contributed by atoms with Crippen LogP contribution in [0.4, 0.5) is 0 Å². The van der Waals surface area contributed by atoms with Crippen molar-refractivity contribution in [2.45, 2.75) is 25.3 Å². The molecule has 0 aromatic rings. The minimum atomic E-state index is 0.0448. The van der Waals surface area contributed by atoms with Crippen LogP contribution in [0.2, 0.25) is 0 Å². The van der Waals surface area contributed by atoms with Gasteiger partial charge in [-0.1, -0.05) is 0 Å². The Morgan fingerprint density at radius 1 is 1.64 bits per heavy atom. The fourth-order valence-corrected chi connectivity index (χ4v) is 1.56. The lowest BCUT2D eigenvalue weighted by atomic mass is 10.1. The van der Waals surface area contributed by atoms with Gasteiger partial charge >= 0.3 is 0 Å². The molecule has 1 rings (SSSR count). The van der Waals surface area contributed by atoms with Crippen LogP contribution in [-0.2, 0) is 9.59 Å². The third-order valence-electron chi connectivity index (χ3n) is 2.73. The summed E-state index contributed by atoms with van der Waals surface area (Å²) in [4.78, 5) is 23.2. The van der Waals surface area contributed by atoms with E-state index in [9.17, 15) is 9.59 Å². The largest absolute Gasteiger partial charge is 0.339 e. The first-order valence-corrected chi connectivity index (χ1v) is 5.04. The number of carbonyl (C=O) groups excluding carboxylic acids is 2. The third kappa shape index (κ3) is 3.10. The third-order valence-corrected chi connectivity index (χ3v) is 2.73. The predicted molar refractivity (Wildman–Crippen MR) is 53.9 cm³/mol. The number of aldehydes is 1. The van der Waals surface area contributed by atoms with Crippen molar-refractivity contribution in [3.05, 3.63) is 0 Å². The maximum Gasteiger partial charge on any atom is 0.224 e. The molecule has 4 heteroatoms. The first-order valence-electron chi connectivity index (χ1n) is 5.04. The van der Waals surface area contributed by atoms with Crippen LogP contribution in [-0.4, -0.2) is 43.8 Å². The highest BCUT2D eigenvalue weighted by molar-refractivity contribution is 5.78. The zero-order valence-corrected chi connectivity index (χ0v) is 8.82. The Morgan fingerprint density at radius 2 is 2.29 bits per heavy atom. The Labute approximate surface area is 84.7 Å². The van der Waals surface area contributed by atoms with Gasteiger partial charge in [-0.2, -0.15) is 0 Å². The molecule has 1 aliphatic rings. The van der Waals surface area contributed by atoms with Crippen LogP contribution in [0.1, 0.15) is 19.3 Å².